The van der Waals surface area contributed by atoms with E-state index in [-0.39, 0.29) is 0 Å². The third kappa shape index (κ3) is 2.43. The number of rotatable bonds is 4. The van der Waals surface area contributed by atoms with Gasteiger partial charge in [0.05, 0.1) is 18.2 Å². The van der Waals surface area contributed by atoms with Crippen LogP contribution in [0.3, 0.4) is 0 Å². The first-order chi connectivity index (χ1) is 8.93. The molecule has 1 saturated heterocycles. The molecule has 0 spiro atoms. The van der Waals surface area contributed by atoms with E-state index >= 15 is 0 Å². The highest BCUT2D eigenvalue weighted by molar-refractivity contribution is 5.57. The number of imidazole rings is 1. The van der Waals surface area contributed by atoms with E-state index in [1.807, 2.05) is 24.8 Å². The molecule has 3 heterocycles. The number of hydrogen-bond acceptors (Lipinski definition) is 3. The fourth-order valence-corrected chi connectivity index (χ4v) is 2.54. The van der Waals surface area contributed by atoms with Gasteiger partial charge in [-0.25, -0.2) is 4.98 Å². The highest BCUT2D eigenvalue weighted by Gasteiger charge is 2.14. The van der Waals surface area contributed by atoms with E-state index in [4.69, 9.17) is 0 Å². The van der Waals surface area contributed by atoms with E-state index in [0.29, 0.717) is 0 Å². The average Bonchev–Trinajstić information content (AvgIpc) is 3.09. The summed E-state index contributed by atoms with van der Waals surface area (Å²) in [7, 11) is 0. The molecule has 1 fully saturated rings. The second-order valence-corrected chi connectivity index (χ2v) is 4.86. The van der Waals surface area contributed by atoms with E-state index in [1.165, 1.54) is 19.4 Å². The lowest BCUT2D eigenvalue weighted by Gasteiger charge is -2.11. The molecule has 0 radical (unpaired) electrons. The summed E-state index contributed by atoms with van der Waals surface area (Å²) in [5.41, 5.74) is 2.30. The lowest BCUT2D eigenvalue weighted by molar-refractivity contribution is 0.481. The van der Waals surface area contributed by atoms with Gasteiger partial charge in [-0.1, -0.05) is 0 Å². The Morgan fingerprint density at radius 1 is 1.33 bits per heavy atom. The molecule has 0 amide bonds. The monoisotopic (exact) mass is 242 g/mol. The Hall–Kier alpha value is -1.68. The van der Waals surface area contributed by atoms with Crippen molar-refractivity contribution in [2.75, 3.05) is 13.1 Å². The van der Waals surface area contributed by atoms with Crippen LogP contribution in [0.4, 0.5) is 0 Å². The molecule has 2 aromatic heterocycles. The Bertz CT molecular complexity index is 486. The van der Waals surface area contributed by atoms with Crippen molar-refractivity contribution in [1.82, 2.24) is 19.9 Å². The van der Waals surface area contributed by atoms with E-state index in [2.05, 4.69) is 25.9 Å². The van der Waals surface area contributed by atoms with E-state index in [0.717, 1.165) is 30.3 Å². The number of pyridine rings is 1. The van der Waals surface area contributed by atoms with Crippen LogP contribution in [-0.4, -0.2) is 27.6 Å². The fraction of sp³-hybridized carbons (Fsp3) is 0.429. The molecule has 3 rings (SSSR count). The molecule has 1 N–H and O–H groups in total. The first kappa shape index (κ1) is 11.4. The topological polar surface area (TPSA) is 42.7 Å². The van der Waals surface area contributed by atoms with Gasteiger partial charge in [0.15, 0.2) is 0 Å². The molecular weight excluding hydrogens is 224 g/mol. The number of aryl methyl sites for hydroxylation is 1. The Balaban J connectivity index is 1.71. The van der Waals surface area contributed by atoms with Gasteiger partial charge in [0.2, 0.25) is 0 Å². The summed E-state index contributed by atoms with van der Waals surface area (Å²) >= 11 is 0. The van der Waals surface area contributed by atoms with Gasteiger partial charge in [0.25, 0.3) is 0 Å². The van der Waals surface area contributed by atoms with E-state index in [1.54, 1.807) is 6.20 Å². The lowest BCUT2D eigenvalue weighted by atomic mass is 10.1. The zero-order valence-electron chi connectivity index (χ0n) is 10.4. The van der Waals surface area contributed by atoms with Crippen molar-refractivity contribution in [2.45, 2.75) is 19.4 Å². The summed E-state index contributed by atoms with van der Waals surface area (Å²) in [4.78, 5) is 8.43. The van der Waals surface area contributed by atoms with Crippen molar-refractivity contribution in [3.63, 3.8) is 0 Å². The van der Waals surface area contributed by atoms with Crippen LogP contribution >= 0.6 is 0 Å². The molecule has 18 heavy (non-hydrogen) atoms. The maximum atomic E-state index is 4.26. The molecule has 4 heteroatoms. The molecule has 1 aliphatic heterocycles. The number of hydrogen-bond donors (Lipinski definition) is 1. The van der Waals surface area contributed by atoms with Gasteiger partial charge < -0.3 is 9.88 Å². The van der Waals surface area contributed by atoms with Crippen LogP contribution in [0.1, 0.15) is 12.8 Å². The third-order valence-electron chi connectivity index (χ3n) is 3.61. The molecule has 94 valence electrons. The van der Waals surface area contributed by atoms with Gasteiger partial charge in [-0.15, -0.1) is 0 Å². The fourth-order valence-electron chi connectivity index (χ4n) is 2.54. The summed E-state index contributed by atoms with van der Waals surface area (Å²) in [6.45, 7) is 3.37. The van der Waals surface area contributed by atoms with E-state index < -0.39 is 0 Å². The molecule has 2 aromatic rings. The Morgan fingerprint density at radius 2 is 2.33 bits per heavy atom. The van der Waals surface area contributed by atoms with Crippen LogP contribution in [0.25, 0.3) is 11.3 Å². The molecule has 0 bridgehead atoms. The van der Waals surface area contributed by atoms with Crippen molar-refractivity contribution in [1.29, 1.82) is 0 Å². The normalized spacial score (nSPS) is 19.2. The average molecular weight is 242 g/mol. The molecule has 0 aliphatic carbocycles. The van der Waals surface area contributed by atoms with Crippen molar-refractivity contribution < 1.29 is 0 Å². The van der Waals surface area contributed by atoms with Crippen molar-refractivity contribution in [3.8, 4) is 11.3 Å². The molecule has 1 atom stereocenters. The SMILES string of the molecule is c1cncc(-c2cncn2CCC2CCNC2)c1. The highest BCUT2D eigenvalue weighted by Crippen LogP contribution is 2.20. The first-order valence-electron chi connectivity index (χ1n) is 6.55. The second-order valence-electron chi connectivity index (χ2n) is 4.86. The minimum atomic E-state index is 0.814. The lowest BCUT2D eigenvalue weighted by Crippen LogP contribution is -2.11. The molecule has 1 aliphatic rings. The Kier molecular flexibility index (Phi) is 3.37. The maximum Gasteiger partial charge on any atom is 0.0950 e. The van der Waals surface area contributed by atoms with Crippen LogP contribution in [-0.2, 0) is 6.54 Å². The van der Waals surface area contributed by atoms with Crippen LogP contribution in [0.2, 0.25) is 0 Å². The van der Waals surface area contributed by atoms with Crippen LogP contribution in [0.15, 0.2) is 37.1 Å². The van der Waals surface area contributed by atoms with Gasteiger partial charge in [0.1, 0.15) is 0 Å². The second kappa shape index (κ2) is 5.31. The summed E-state index contributed by atoms with van der Waals surface area (Å²) < 4.78 is 2.23. The van der Waals surface area contributed by atoms with Gasteiger partial charge in [-0.05, 0) is 44.0 Å². The standard InChI is InChI=1S/C14H18N4/c1-2-13(9-15-5-1)14-10-17-11-18(14)7-4-12-3-6-16-8-12/h1-2,5,9-12,16H,3-4,6-8H2. The molecule has 4 nitrogen and oxygen atoms in total. The summed E-state index contributed by atoms with van der Waals surface area (Å²) in [6, 6.07) is 4.05. The van der Waals surface area contributed by atoms with E-state index in [9.17, 15) is 0 Å². The predicted octanol–water partition coefficient (Wildman–Crippen LogP) is 1.94. The van der Waals surface area contributed by atoms with Crippen LogP contribution < -0.4 is 5.32 Å². The third-order valence-corrected chi connectivity index (χ3v) is 3.61. The van der Waals surface area contributed by atoms with Gasteiger partial charge >= 0.3 is 0 Å². The minimum Gasteiger partial charge on any atom is -0.331 e. The summed E-state index contributed by atoms with van der Waals surface area (Å²) in [5, 5.41) is 3.41. The molecule has 1 unspecified atom stereocenters. The zero-order chi connectivity index (χ0) is 12.2. The van der Waals surface area contributed by atoms with Gasteiger partial charge in [-0.3, -0.25) is 4.98 Å². The van der Waals surface area contributed by atoms with Crippen LogP contribution in [0.5, 0.6) is 0 Å². The van der Waals surface area contributed by atoms with Gasteiger partial charge in [-0.2, -0.15) is 0 Å². The van der Waals surface area contributed by atoms with Crippen molar-refractivity contribution in [2.24, 2.45) is 5.92 Å². The minimum absolute atomic E-state index is 0.814. The summed E-state index contributed by atoms with van der Waals surface area (Å²) in [6.07, 6.45) is 10.1. The van der Waals surface area contributed by atoms with Crippen molar-refractivity contribution in [3.05, 3.63) is 37.1 Å². The van der Waals surface area contributed by atoms with Crippen molar-refractivity contribution >= 4 is 0 Å². The zero-order valence-corrected chi connectivity index (χ0v) is 10.4. The predicted molar refractivity (Wildman–Crippen MR) is 71.1 cm³/mol. The molecule has 0 aromatic carbocycles. The Labute approximate surface area is 107 Å². The number of nitrogens with one attached hydrogen (secondary N) is 1. The first-order valence-corrected chi connectivity index (χ1v) is 6.55. The Morgan fingerprint density at radius 3 is 3.11 bits per heavy atom. The molecular formula is C14H18N4. The van der Waals surface area contributed by atoms with Gasteiger partial charge in [0, 0.05) is 24.5 Å². The largest absolute Gasteiger partial charge is 0.331 e. The number of nitrogens with zero attached hydrogens (tertiary/aromatic N) is 3. The van der Waals surface area contributed by atoms with Crippen LogP contribution in [0, 0.1) is 5.92 Å². The summed E-state index contributed by atoms with van der Waals surface area (Å²) in [5.74, 6) is 0.814. The maximum absolute atomic E-state index is 4.26. The highest BCUT2D eigenvalue weighted by atomic mass is 15.0. The smallest absolute Gasteiger partial charge is 0.0950 e. The number of aromatic nitrogens is 3. The quantitative estimate of drug-likeness (QED) is 0.891. The molecule has 0 saturated carbocycles.